The Labute approximate surface area is 108 Å². The lowest BCUT2D eigenvalue weighted by atomic mass is 10.0. The van der Waals surface area contributed by atoms with Crippen LogP contribution in [0.15, 0.2) is 60.7 Å². The van der Waals surface area contributed by atoms with E-state index in [1.165, 1.54) is 0 Å². The highest BCUT2D eigenvalue weighted by atomic mass is 16.7. The summed E-state index contributed by atoms with van der Waals surface area (Å²) in [5, 5.41) is 0. The van der Waals surface area contributed by atoms with Crippen molar-refractivity contribution in [3.63, 3.8) is 0 Å². The molecule has 94 valence electrons. The summed E-state index contributed by atoms with van der Waals surface area (Å²) in [6.45, 7) is 1.19. The largest absolute Gasteiger partial charge is 0.329 e. The van der Waals surface area contributed by atoms with Gasteiger partial charge in [-0.15, -0.1) is 0 Å². The molecule has 0 saturated carbocycles. The van der Waals surface area contributed by atoms with Crippen LogP contribution in [0.2, 0.25) is 0 Å². The molecule has 0 amide bonds. The predicted octanol–water partition coefficient (Wildman–Crippen LogP) is 2.26. The van der Waals surface area contributed by atoms with Gasteiger partial charge in [-0.05, 0) is 11.1 Å². The van der Waals surface area contributed by atoms with Crippen molar-refractivity contribution in [2.45, 2.75) is 6.10 Å². The van der Waals surface area contributed by atoms with Crippen LogP contribution in [-0.4, -0.2) is 13.1 Å². The molecular weight excluding hydrogens is 224 g/mol. The fraction of sp³-hybridized carbons (Fsp3) is 0.200. The van der Waals surface area contributed by atoms with Crippen molar-refractivity contribution in [1.82, 2.24) is 5.48 Å². The summed E-state index contributed by atoms with van der Waals surface area (Å²) in [4.78, 5) is 5.72. The number of rotatable bonds is 6. The van der Waals surface area contributed by atoms with Crippen molar-refractivity contribution in [1.29, 1.82) is 0 Å². The van der Waals surface area contributed by atoms with E-state index in [-0.39, 0.29) is 6.10 Å². The quantitative estimate of drug-likeness (QED) is 0.603. The van der Waals surface area contributed by atoms with Gasteiger partial charge in [-0.25, -0.2) is 5.48 Å². The molecule has 0 aromatic heterocycles. The molecule has 3 nitrogen and oxygen atoms in total. The highest BCUT2D eigenvalue weighted by Gasteiger charge is 2.14. The summed E-state index contributed by atoms with van der Waals surface area (Å²) in [6.07, 6.45) is -0.112. The third-order valence-corrected chi connectivity index (χ3v) is 2.65. The van der Waals surface area contributed by atoms with E-state index in [4.69, 9.17) is 10.6 Å². The van der Waals surface area contributed by atoms with Crippen molar-refractivity contribution >= 4 is 0 Å². The number of nitrogens with one attached hydrogen (secondary N) is 1. The smallest absolute Gasteiger partial charge is 0.129 e. The molecule has 2 rings (SSSR count). The molecule has 0 saturated heterocycles. The first-order valence-corrected chi connectivity index (χ1v) is 6.10. The summed E-state index contributed by atoms with van der Waals surface area (Å²) >= 11 is 0. The Morgan fingerprint density at radius 1 is 0.889 bits per heavy atom. The van der Waals surface area contributed by atoms with Crippen LogP contribution in [0.25, 0.3) is 0 Å². The Kier molecular flexibility index (Phi) is 4.90. The predicted molar refractivity (Wildman–Crippen MR) is 72.9 cm³/mol. The maximum atomic E-state index is 5.72. The molecule has 0 aliphatic rings. The van der Waals surface area contributed by atoms with Crippen LogP contribution < -0.4 is 11.2 Å². The van der Waals surface area contributed by atoms with Gasteiger partial charge in [-0.1, -0.05) is 60.7 Å². The van der Waals surface area contributed by atoms with Crippen LogP contribution in [0, 0.1) is 0 Å². The molecule has 0 fully saturated rings. The van der Waals surface area contributed by atoms with E-state index in [0.29, 0.717) is 13.1 Å². The first-order valence-electron chi connectivity index (χ1n) is 6.10. The number of hydroxylamine groups is 1. The lowest BCUT2D eigenvalue weighted by Crippen LogP contribution is -2.25. The fourth-order valence-electron chi connectivity index (χ4n) is 1.79. The topological polar surface area (TPSA) is 47.3 Å². The average Bonchev–Trinajstić information content (AvgIpc) is 2.46. The van der Waals surface area contributed by atoms with Gasteiger partial charge in [0, 0.05) is 13.1 Å². The van der Waals surface area contributed by atoms with Gasteiger partial charge in [-0.2, -0.15) is 0 Å². The molecule has 0 heterocycles. The molecular formula is C15H18N2O. The van der Waals surface area contributed by atoms with Gasteiger partial charge in [0.2, 0.25) is 0 Å². The summed E-state index contributed by atoms with van der Waals surface area (Å²) in [6, 6.07) is 20.3. The van der Waals surface area contributed by atoms with Crippen molar-refractivity contribution in [2.24, 2.45) is 5.73 Å². The Morgan fingerprint density at radius 2 is 1.39 bits per heavy atom. The zero-order valence-corrected chi connectivity index (χ0v) is 10.3. The minimum absolute atomic E-state index is 0.112. The van der Waals surface area contributed by atoms with Crippen LogP contribution in [0.5, 0.6) is 0 Å². The number of benzene rings is 2. The van der Waals surface area contributed by atoms with E-state index < -0.39 is 0 Å². The number of nitrogens with two attached hydrogens (primary N) is 1. The second-order valence-electron chi connectivity index (χ2n) is 4.00. The molecule has 3 N–H and O–H groups in total. The molecule has 0 aliphatic heterocycles. The molecule has 0 atom stereocenters. The van der Waals surface area contributed by atoms with E-state index in [9.17, 15) is 0 Å². The average molecular weight is 242 g/mol. The van der Waals surface area contributed by atoms with Gasteiger partial charge in [0.25, 0.3) is 0 Å². The van der Waals surface area contributed by atoms with Crippen molar-refractivity contribution in [3.05, 3.63) is 71.8 Å². The first kappa shape index (κ1) is 12.8. The van der Waals surface area contributed by atoms with Gasteiger partial charge < -0.3 is 5.73 Å². The maximum absolute atomic E-state index is 5.72. The maximum Gasteiger partial charge on any atom is 0.129 e. The monoisotopic (exact) mass is 242 g/mol. The second kappa shape index (κ2) is 6.91. The standard InChI is InChI=1S/C15H18N2O/c16-11-12-17-18-15(13-7-3-1-4-8-13)14-9-5-2-6-10-14/h1-10,15,17H,11-12,16H2. The van der Waals surface area contributed by atoms with Crippen LogP contribution >= 0.6 is 0 Å². The lowest BCUT2D eigenvalue weighted by Gasteiger charge is -2.18. The van der Waals surface area contributed by atoms with E-state index in [1.807, 2.05) is 36.4 Å². The van der Waals surface area contributed by atoms with E-state index >= 15 is 0 Å². The minimum Gasteiger partial charge on any atom is -0.329 e. The zero-order chi connectivity index (χ0) is 12.6. The minimum atomic E-state index is -0.112. The number of hydrogen-bond donors (Lipinski definition) is 2. The van der Waals surface area contributed by atoms with Crippen LogP contribution in [0.1, 0.15) is 17.2 Å². The Bertz CT molecular complexity index is 405. The Balaban J connectivity index is 2.18. The van der Waals surface area contributed by atoms with Crippen LogP contribution in [0.3, 0.4) is 0 Å². The molecule has 0 radical (unpaired) electrons. The Hall–Kier alpha value is -1.68. The molecule has 0 aliphatic carbocycles. The highest BCUT2D eigenvalue weighted by Crippen LogP contribution is 2.24. The molecule has 0 unspecified atom stereocenters. The van der Waals surface area contributed by atoms with Gasteiger partial charge >= 0.3 is 0 Å². The summed E-state index contributed by atoms with van der Waals surface area (Å²) in [5.41, 5.74) is 10.6. The van der Waals surface area contributed by atoms with E-state index in [1.54, 1.807) is 0 Å². The third kappa shape index (κ3) is 3.40. The SMILES string of the molecule is NCCNOC(c1ccccc1)c1ccccc1. The van der Waals surface area contributed by atoms with E-state index in [0.717, 1.165) is 11.1 Å². The molecule has 2 aromatic carbocycles. The Morgan fingerprint density at radius 3 is 1.83 bits per heavy atom. The first-order chi connectivity index (χ1) is 8.92. The van der Waals surface area contributed by atoms with Crippen LogP contribution in [0.4, 0.5) is 0 Å². The summed E-state index contributed by atoms with van der Waals surface area (Å²) in [5.74, 6) is 0. The van der Waals surface area contributed by atoms with Gasteiger partial charge in [-0.3, -0.25) is 4.84 Å². The van der Waals surface area contributed by atoms with Gasteiger partial charge in [0.1, 0.15) is 6.10 Å². The summed E-state index contributed by atoms with van der Waals surface area (Å²) in [7, 11) is 0. The highest BCUT2D eigenvalue weighted by molar-refractivity contribution is 5.29. The molecule has 3 heteroatoms. The van der Waals surface area contributed by atoms with Gasteiger partial charge in [0.05, 0.1) is 0 Å². The summed E-state index contributed by atoms with van der Waals surface area (Å²) < 4.78 is 0. The van der Waals surface area contributed by atoms with Crippen molar-refractivity contribution in [2.75, 3.05) is 13.1 Å². The van der Waals surface area contributed by atoms with E-state index in [2.05, 4.69) is 29.7 Å². The van der Waals surface area contributed by atoms with Gasteiger partial charge in [0.15, 0.2) is 0 Å². The molecule has 18 heavy (non-hydrogen) atoms. The van der Waals surface area contributed by atoms with Crippen molar-refractivity contribution in [3.8, 4) is 0 Å². The van der Waals surface area contributed by atoms with Crippen molar-refractivity contribution < 1.29 is 4.84 Å². The number of hydrogen-bond acceptors (Lipinski definition) is 3. The molecule has 0 bridgehead atoms. The normalized spacial score (nSPS) is 10.8. The second-order valence-corrected chi connectivity index (χ2v) is 4.00. The van der Waals surface area contributed by atoms with Crippen LogP contribution in [-0.2, 0) is 4.84 Å². The third-order valence-electron chi connectivity index (χ3n) is 2.65. The fourth-order valence-corrected chi connectivity index (χ4v) is 1.79. The molecule has 0 spiro atoms. The zero-order valence-electron chi connectivity index (χ0n) is 10.3. The molecule has 2 aromatic rings. The lowest BCUT2D eigenvalue weighted by molar-refractivity contribution is -0.00292.